The molecule has 0 atom stereocenters. The van der Waals surface area contributed by atoms with Gasteiger partial charge in [-0.1, -0.05) is 57.9 Å². The zero-order valence-electron chi connectivity index (χ0n) is 32.3. The second-order valence-electron chi connectivity index (χ2n) is 14.4. The Kier molecular flexibility index (Phi) is 15.1. The molecule has 2 amide bonds. The predicted molar refractivity (Wildman–Crippen MR) is 223 cm³/mol. The van der Waals surface area contributed by atoms with Crippen LogP contribution in [0.25, 0.3) is 22.1 Å². The molecule has 55 heavy (non-hydrogen) atoms. The van der Waals surface area contributed by atoms with Crippen molar-refractivity contribution >= 4 is 64.8 Å². The summed E-state index contributed by atoms with van der Waals surface area (Å²) in [7, 11) is -2.23. The van der Waals surface area contributed by atoms with Gasteiger partial charge in [0.1, 0.15) is 33.1 Å². The van der Waals surface area contributed by atoms with Gasteiger partial charge in [-0.25, -0.2) is 19.9 Å². The van der Waals surface area contributed by atoms with E-state index in [4.69, 9.17) is 4.43 Å². The van der Waals surface area contributed by atoms with E-state index in [1.165, 1.54) is 12.7 Å². The number of terminal acetylenes is 1. The summed E-state index contributed by atoms with van der Waals surface area (Å²) in [5.41, 5.74) is 2.01. The van der Waals surface area contributed by atoms with Crippen molar-refractivity contribution in [2.45, 2.75) is 84.9 Å². The molecule has 0 aliphatic heterocycles. The SMILES string of the molecule is C#CC.CC(C)(C)[Si](C)(C)Oc1c(C(=O)NCC2CC=CC2)nc(I)c2ncnnc12.CCC#Cc1nc(C(=O)NCC2CC=CC2)c(O)c2nncnc12. The third-order valence-electron chi connectivity index (χ3n) is 9.26. The molecule has 4 aromatic heterocycles. The summed E-state index contributed by atoms with van der Waals surface area (Å²) in [6.45, 7) is 15.4. The molecular formula is C39H47IN10O4Si. The molecule has 0 saturated heterocycles. The smallest absolute Gasteiger partial charge is 0.273 e. The average Bonchev–Trinajstić information content (AvgIpc) is 3.89. The molecule has 16 heteroatoms. The standard InChI is InChI=1S/C19H26IN5O2Si.C17H17N5O2.C3H4/c1-19(2,3)28(4,5)27-16-13-14(22-11-23-25-13)17(20)24-15(16)18(26)21-10-12-8-6-7-9-12;1-2-3-8-12-13-14(22-20-10-19-13)16(23)15(21-12)17(24)18-9-11-6-4-5-7-11;1-3-2/h6-7,11-12H,8-10H2,1-5H3,(H,21,26);4-5,10-11,23H,2,6-7,9H2,1H3,(H,18,24);1H,2H3. The number of aromatic nitrogens is 8. The van der Waals surface area contributed by atoms with Crippen molar-refractivity contribution in [2.75, 3.05) is 13.1 Å². The van der Waals surface area contributed by atoms with E-state index in [0.29, 0.717) is 63.0 Å². The number of pyridine rings is 2. The highest BCUT2D eigenvalue weighted by molar-refractivity contribution is 14.1. The van der Waals surface area contributed by atoms with E-state index in [0.717, 1.165) is 25.7 Å². The number of amides is 2. The van der Waals surface area contributed by atoms with Crippen molar-refractivity contribution in [1.82, 2.24) is 51.0 Å². The van der Waals surface area contributed by atoms with Crippen molar-refractivity contribution in [2.24, 2.45) is 11.8 Å². The van der Waals surface area contributed by atoms with Crippen LogP contribution in [0.1, 0.15) is 93.4 Å². The van der Waals surface area contributed by atoms with Crippen LogP contribution >= 0.6 is 22.6 Å². The van der Waals surface area contributed by atoms with Crippen LogP contribution in [0, 0.1) is 39.7 Å². The molecule has 0 aromatic carbocycles. The fourth-order valence-corrected chi connectivity index (χ4v) is 6.88. The number of hydrogen-bond acceptors (Lipinski definition) is 12. The number of halogens is 1. The number of nitrogens with zero attached hydrogens (tertiary/aromatic N) is 8. The molecule has 0 saturated carbocycles. The summed E-state index contributed by atoms with van der Waals surface area (Å²) in [5.74, 6) is 8.21. The highest BCUT2D eigenvalue weighted by atomic mass is 127. The van der Waals surface area contributed by atoms with Crippen LogP contribution < -0.4 is 15.1 Å². The number of nitrogens with one attached hydrogen (secondary N) is 2. The number of fused-ring (bicyclic) bond motifs is 2. The van der Waals surface area contributed by atoms with E-state index < -0.39 is 14.2 Å². The van der Waals surface area contributed by atoms with Gasteiger partial charge >= 0.3 is 0 Å². The van der Waals surface area contributed by atoms with Crippen LogP contribution in [0.5, 0.6) is 11.5 Å². The fourth-order valence-electron chi connectivity index (χ4n) is 5.23. The van der Waals surface area contributed by atoms with Crippen LogP contribution in [0.2, 0.25) is 18.1 Å². The maximum Gasteiger partial charge on any atom is 0.273 e. The predicted octanol–water partition coefficient (Wildman–Crippen LogP) is 6.33. The molecule has 288 valence electrons. The Bertz CT molecular complexity index is 2170. The number of carbonyl (C=O) groups excluding carboxylic acids is 2. The van der Waals surface area contributed by atoms with Crippen molar-refractivity contribution in [3.63, 3.8) is 0 Å². The van der Waals surface area contributed by atoms with Gasteiger partial charge in [-0.3, -0.25) is 9.59 Å². The summed E-state index contributed by atoms with van der Waals surface area (Å²) >= 11 is 2.08. The molecule has 0 radical (unpaired) electrons. The Morgan fingerprint density at radius 2 is 1.40 bits per heavy atom. The monoisotopic (exact) mass is 874 g/mol. The van der Waals surface area contributed by atoms with Crippen molar-refractivity contribution < 1.29 is 19.1 Å². The molecule has 0 unspecified atom stereocenters. The van der Waals surface area contributed by atoms with Gasteiger partial charge < -0.3 is 20.2 Å². The van der Waals surface area contributed by atoms with Crippen LogP contribution in [0.3, 0.4) is 0 Å². The van der Waals surface area contributed by atoms with Gasteiger partial charge in [0.15, 0.2) is 33.9 Å². The van der Waals surface area contributed by atoms with Gasteiger partial charge in [0.05, 0.1) is 0 Å². The maximum atomic E-state index is 13.0. The molecule has 0 bridgehead atoms. The summed E-state index contributed by atoms with van der Waals surface area (Å²) in [6.07, 6.45) is 20.3. The first-order valence-corrected chi connectivity index (χ1v) is 22.0. The molecule has 14 nitrogen and oxygen atoms in total. The lowest BCUT2D eigenvalue weighted by atomic mass is 10.1. The van der Waals surface area contributed by atoms with E-state index in [-0.39, 0.29) is 33.6 Å². The van der Waals surface area contributed by atoms with Crippen molar-refractivity contribution in [3.8, 4) is 35.7 Å². The molecule has 4 aromatic rings. The van der Waals surface area contributed by atoms with Gasteiger partial charge in [-0.05, 0) is 91.1 Å². The lowest BCUT2D eigenvalue weighted by Gasteiger charge is -2.36. The molecule has 0 spiro atoms. The van der Waals surface area contributed by atoms with Gasteiger partial charge in [0.2, 0.25) is 0 Å². The van der Waals surface area contributed by atoms with E-state index >= 15 is 0 Å². The number of aromatic hydroxyl groups is 1. The first kappa shape index (κ1) is 42.7. The summed E-state index contributed by atoms with van der Waals surface area (Å²) in [6, 6.07) is 0. The highest BCUT2D eigenvalue weighted by Crippen LogP contribution is 2.40. The Morgan fingerprint density at radius 3 is 1.93 bits per heavy atom. The van der Waals surface area contributed by atoms with E-state index in [2.05, 4.69) is 156 Å². The Labute approximate surface area is 336 Å². The Morgan fingerprint density at radius 1 is 0.891 bits per heavy atom. The second-order valence-corrected chi connectivity index (χ2v) is 20.1. The lowest BCUT2D eigenvalue weighted by Crippen LogP contribution is -2.44. The molecule has 4 heterocycles. The molecule has 0 fully saturated rings. The van der Waals surface area contributed by atoms with Crippen molar-refractivity contribution in [1.29, 1.82) is 0 Å². The van der Waals surface area contributed by atoms with Crippen LogP contribution in [0.4, 0.5) is 0 Å². The minimum absolute atomic E-state index is 0.0405. The topological polar surface area (TPSA) is 191 Å². The van der Waals surface area contributed by atoms with Gasteiger partial charge in [0, 0.05) is 19.5 Å². The molecule has 2 aliphatic rings. The zero-order valence-corrected chi connectivity index (χ0v) is 35.4. The average molecular weight is 875 g/mol. The van der Waals surface area contributed by atoms with Gasteiger partial charge in [-0.15, -0.1) is 32.7 Å². The fraction of sp³-hybridized carbons (Fsp3) is 0.436. The van der Waals surface area contributed by atoms with E-state index in [1.807, 2.05) is 6.92 Å². The largest absolute Gasteiger partial charge is 0.540 e. The highest BCUT2D eigenvalue weighted by Gasteiger charge is 2.41. The van der Waals surface area contributed by atoms with Crippen LogP contribution in [-0.2, 0) is 0 Å². The zero-order chi connectivity index (χ0) is 40.2. The minimum Gasteiger partial charge on any atom is -0.540 e. The quantitative estimate of drug-likeness (QED) is 0.0588. The number of carbonyl (C=O) groups is 2. The third kappa shape index (κ3) is 11.0. The van der Waals surface area contributed by atoms with Gasteiger partial charge in [-0.2, -0.15) is 0 Å². The normalized spacial score (nSPS) is 13.9. The third-order valence-corrected chi connectivity index (χ3v) is 14.3. The Balaban J connectivity index is 0.000000231. The summed E-state index contributed by atoms with van der Waals surface area (Å²) < 4.78 is 7.13. The van der Waals surface area contributed by atoms with Gasteiger partial charge in [0.25, 0.3) is 20.1 Å². The number of allylic oxidation sites excluding steroid dienone is 4. The first-order valence-electron chi connectivity index (χ1n) is 18.0. The van der Waals surface area contributed by atoms with Crippen LogP contribution in [0.15, 0.2) is 37.0 Å². The molecule has 3 N–H and O–H groups in total. The van der Waals surface area contributed by atoms with E-state index in [1.54, 1.807) is 6.92 Å². The minimum atomic E-state index is -2.23. The maximum absolute atomic E-state index is 13.0. The van der Waals surface area contributed by atoms with E-state index in [9.17, 15) is 14.7 Å². The second kappa shape index (κ2) is 19.5. The van der Waals surface area contributed by atoms with Crippen LogP contribution in [-0.4, -0.2) is 78.7 Å². The molecule has 2 aliphatic carbocycles. The number of hydrogen-bond donors (Lipinski definition) is 3. The Hall–Kier alpha value is -5.07. The summed E-state index contributed by atoms with van der Waals surface area (Å²) in [5, 5.41) is 31.8. The summed E-state index contributed by atoms with van der Waals surface area (Å²) in [4.78, 5) is 42.5. The first-order chi connectivity index (χ1) is 26.2. The molecule has 6 rings (SSSR count). The lowest BCUT2D eigenvalue weighted by molar-refractivity contribution is 0.0932. The van der Waals surface area contributed by atoms with Crippen molar-refractivity contribution in [3.05, 3.63) is 57.7 Å². The molecular weight excluding hydrogens is 827 g/mol. The number of rotatable bonds is 8.